The monoisotopic (exact) mass is 267 g/mol. The average Bonchev–Trinajstić information content (AvgIpc) is 2.48. The van der Waals surface area contributed by atoms with Gasteiger partial charge in [-0.2, -0.15) is 0 Å². The minimum atomic E-state index is -1.02. The van der Waals surface area contributed by atoms with E-state index in [-0.39, 0.29) is 18.3 Å². The van der Waals surface area contributed by atoms with Crippen LogP contribution in [-0.4, -0.2) is 12.6 Å². The van der Waals surface area contributed by atoms with Gasteiger partial charge in [-0.25, -0.2) is 0 Å². The molecule has 2 aromatic rings. The normalized spacial score (nSPS) is 20.8. The Hall–Kier alpha value is -2.29. The molecule has 0 N–H and O–H groups in total. The Bertz CT molecular complexity index is 607. The third kappa shape index (κ3) is 2.39. The maximum absolute atomic E-state index is 11.1. The molecule has 3 heteroatoms. The van der Waals surface area contributed by atoms with Gasteiger partial charge in [0.25, 0.3) is 0 Å². The second kappa shape index (κ2) is 5.37. The summed E-state index contributed by atoms with van der Waals surface area (Å²) in [6.07, 6.45) is 0.0138. The van der Waals surface area contributed by atoms with E-state index in [4.69, 9.17) is 4.74 Å². The van der Waals surface area contributed by atoms with Crippen molar-refractivity contribution in [3.8, 4) is 5.75 Å². The molecule has 2 aromatic carbocycles. The van der Waals surface area contributed by atoms with Gasteiger partial charge in [-0.05, 0) is 23.6 Å². The van der Waals surface area contributed by atoms with Gasteiger partial charge < -0.3 is 14.6 Å². The Labute approximate surface area is 117 Å². The Morgan fingerprint density at radius 3 is 2.55 bits per heavy atom. The molecule has 0 bridgehead atoms. The smallest absolute Gasteiger partial charge is 0.122 e. The molecule has 0 spiro atoms. The van der Waals surface area contributed by atoms with Crippen LogP contribution in [-0.2, 0) is 4.79 Å². The summed E-state index contributed by atoms with van der Waals surface area (Å²) in [7, 11) is 0. The minimum Gasteiger partial charge on any atom is -0.550 e. The van der Waals surface area contributed by atoms with Crippen molar-refractivity contribution in [1.29, 1.82) is 0 Å². The van der Waals surface area contributed by atoms with Crippen molar-refractivity contribution in [2.45, 2.75) is 18.3 Å². The summed E-state index contributed by atoms with van der Waals surface area (Å²) in [6, 6.07) is 17.6. The molecule has 0 saturated heterocycles. The van der Waals surface area contributed by atoms with E-state index >= 15 is 0 Å². The number of carbonyl (C=O) groups is 1. The van der Waals surface area contributed by atoms with Crippen molar-refractivity contribution < 1.29 is 14.6 Å². The minimum absolute atomic E-state index is 0.0138. The van der Waals surface area contributed by atoms with Crippen molar-refractivity contribution in [1.82, 2.24) is 0 Å². The van der Waals surface area contributed by atoms with Gasteiger partial charge in [0, 0.05) is 17.8 Å². The summed E-state index contributed by atoms with van der Waals surface area (Å²) < 4.78 is 5.79. The van der Waals surface area contributed by atoms with Crippen LogP contribution in [0.4, 0.5) is 0 Å². The number of benzene rings is 2. The maximum Gasteiger partial charge on any atom is 0.122 e. The van der Waals surface area contributed by atoms with E-state index in [9.17, 15) is 9.90 Å². The zero-order valence-corrected chi connectivity index (χ0v) is 11.0. The predicted octanol–water partition coefficient (Wildman–Crippen LogP) is 2.09. The Morgan fingerprint density at radius 2 is 1.80 bits per heavy atom. The summed E-state index contributed by atoms with van der Waals surface area (Å²) >= 11 is 0. The van der Waals surface area contributed by atoms with Crippen LogP contribution in [0.3, 0.4) is 0 Å². The van der Waals surface area contributed by atoms with E-state index in [2.05, 4.69) is 0 Å². The second-order valence-corrected chi connectivity index (χ2v) is 5.05. The Balaban J connectivity index is 2.01. The average molecular weight is 267 g/mol. The molecular weight excluding hydrogens is 252 g/mol. The van der Waals surface area contributed by atoms with Crippen LogP contribution in [0.2, 0.25) is 0 Å². The first-order valence-corrected chi connectivity index (χ1v) is 6.72. The molecule has 0 radical (unpaired) electrons. The quantitative estimate of drug-likeness (QED) is 0.855. The number of carbonyl (C=O) groups excluding carboxylic acids is 1. The molecule has 0 fully saturated rings. The molecule has 0 aromatic heterocycles. The first kappa shape index (κ1) is 12.7. The van der Waals surface area contributed by atoms with Crippen LogP contribution >= 0.6 is 0 Å². The fraction of sp³-hybridized carbons (Fsp3) is 0.235. The standard InChI is InChI=1S/C17H16O3/c18-17(19)10-14-13-8-4-5-9-16(13)20-11-15(14)12-6-2-1-3-7-12/h1-9,14-15H,10-11H2,(H,18,19)/p-1/t14-,15+/m0/s1. The summed E-state index contributed by atoms with van der Waals surface area (Å²) in [5.74, 6) is -0.296. The van der Waals surface area contributed by atoms with Crippen molar-refractivity contribution in [2.75, 3.05) is 6.61 Å². The molecular formula is C17H15O3-. The highest BCUT2D eigenvalue weighted by molar-refractivity contribution is 5.66. The topological polar surface area (TPSA) is 49.4 Å². The molecule has 0 amide bonds. The van der Waals surface area contributed by atoms with Gasteiger partial charge in [0.1, 0.15) is 5.75 Å². The predicted molar refractivity (Wildman–Crippen MR) is 73.5 cm³/mol. The lowest BCUT2D eigenvalue weighted by Gasteiger charge is -2.34. The SMILES string of the molecule is O=C([O-])C[C@H]1c2ccccc2OC[C@@H]1c1ccccc1. The highest BCUT2D eigenvalue weighted by Crippen LogP contribution is 2.43. The van der Waals surface area contributed by atoms with Gasteiger partial charge in [-0.15, -0.1) is 0 Å². The number of hydrogen-bond donors (Lipinski definition) is 0. The first-order chi connectivity index (χ1) is 9.75. The highest BCUT2D eigenvalue weighted by atomic mass is 16.5. The van der Waals surface area contributed by atoms with Gasteiger partial charge >= 0.3 is 0 Å². The molecule has 3 rings (SSSR count). The van der Waals surface area contributed by atoms with Crippen LogP contribution < -0.4 is 9.84 Å². The molecule has 1 heterocycles. The fourth-order valence-corrected chi connectivity index (χ4v) is 2.89. The van der Waals surface area contributed by atoms with Crippen LogP contribution in [0.5, 0.6) is 5.75 Å². The third-order valence-corrected chi connectivity index (χ3v) is 3.84. The zero-order valence-electron chi connectivity index (χ0n) is 11.0. The Kier molecular flexibility index (Phi) is 3.42. The van der Waals surface area contributed by atoms with Crippen molar-refractivity contribution in [3.05, 3.63) is 65.7 Å². The van der Waals surface area contributed by atoms with Gasteiger partial charge in [-0.1, -0.05) is 48.5 Å². The lowest BCUT2D eigenvalue weighted by Crippen LogP contribution is -2.31. The number of carboxylic acids is 1. The van der Waals surface area contributed by atoms with Crippen molar-refractivity contribution >= 4 is 5.97 Å². The molecule has 0 unspecified atom stereocenters. The number of rotatable bonds is 3. The number of para-hydroxylation sites is 1. The van der Waals surface area contributed by atoms with Crippen LogP contribution in [0.1, 0.15) is 29.4 Å². The van der Waals surface area contributed by atoms with Crippen LogP contribution in [0.15, 0.2) is 54.6 Å². The van der Waals surface area contributed by atoms with E-state index in [0.29, 0.717) is 6.61 Å². The maximum atomic E-state index is 11.1. The lowest BCUT2D eigenvalue weighted by atomic mass is 9.78. The van der Waals surface area contributed by atoms with E-state index in [1.807, 2.05) is 54.6 Å². The van der Waals surface area contributed by atoms with Crippen molar-refractivity contribution in [3.63, 3.8) is 0 Å². The molecule has 1 aliphatic rings. The van der Waals surface area contributed by atoms with E-state index < -0.39 is 5.97 Å². The second-order valence-electron chi connectivity index (χ2n) is 5.05. The highest BCUT2D eigenvalue weighted by Gasteiger charge is 2.31. The van der Waals surface area contributed by atoms with Crippen molar-refractivity contribution in [2.24, 2.45) is 0 Å². The third-order valence-electron chi connectivity index (χ3n) is 3.84. The summed E-state index contributed by atoms with van der Waals surface area (Å²) in [5, 5.41) is 11.1. The number of fused-ring (bicyclic) bond motifs is 1. The molecule has 20 heavy (non-hydrogen) atoms. The van der Waals surface area contributed by atoms with E-state index in [0.717, 1.165) is 16.9 Å². The van der Waals surface area contributed by atoms with Gasteiger partial charge in [0.05, 0.1) is 6.61 Å². The number of carboxylic acid groups (broad SMARTS) is 1. The summed E-state index contributed by atoms with van der Waals surface area (Å²) in [5.41, 5.74) is 2.06. The van der Waals surface area contributed by atoms with Crippen LogP contribution in [0, 0.1) is 0 Å². The molecule has 2 atom stereocenters. The zero-order chi connectivity index (χ0) is 13.9. The number of aliphatic carboxylic acids is 1. The summed E-state index contributed by atoms with van der Waals surface area (Å²) in [4.78, 5) is 11.1. The van der Waals surface area contributed by atoms with E-state index in [1.54, 1.807) is 0 Å². The first-order valence-electron chi connectivity index (χ1n) is 6.72. The van der Waals surface area contributed by atoms with Gasteiger partial charge in [0.15, 0.2) is 0 Å². The molecule has 3 nitrogen and oxygen atoms in total. The molecule has 0 saturated carbocycles. The largest absolute Gasteiger partial charge is 0.550 e. The summed E-state index contributed by atoms with van der Waals surface area (Å²) in [6.45, 7) is 0.499. The fourth-order valence-electron chi connectivity index (χ4n) is 2.89. The number of hydrogen-bond acceptors (Lipinski definition) is 3. The lowest BCUT2D eigenvalue weighted by molar-refractivity contribution is -0.306. The van der Waals surface area contributed by atoms with Gasteiger partial charge in [0.2, 0.25) is 0 Å². The Morgan fingerprint density at radius 1 is 1.10 bits per heavy atom. The number of ether oxygens (including phenoxy) is 1. The van der Waals surface area contributed by atoms with Gasteiger partial charge in [-0.3, -0.25) is 0 Å². The van der Waals surface area contributed by atoms with Crippen LogP contribution in [0.25, 0.3) is 0 Å². The molecule has 1 aliphatic heterocycles. The molecule has 0 aliphatic carbocycles. The van der Waals surface area contributed by atoms with E-state index in [1.165, 1.54) is 0 Å². The molecule has 102 valence electrons.